The van der Waals surface area contributed by atoms with E-state index >= 15 is 0 Å². The number of nitrogens with one attached hydrogen (secondary N) is 1. The molecular weight excluding hydrogens is 254 g/mol. The number of aryl methyl sites for hydroxylation is 1. The number of benzene rings is 1. The first-order valence-electron chi connectivity index (χ1n) is 6.98. The summed E-state index contributed by atoms with van der Waals surface area (Å²) in [6, 6.07) is 8.71. The molecule has 0 radical (unpaired) electrons. The van der Waals surface area contributed by atoms with E-state index in [2.05, 4.69) is 46.0 Å². The Bertz CT molecular complexity index is 482. The van der Waals surface area contributed by atoms with Crippen LogP contribution >= 0.6 is 0 Å². The van der Waals surface area contributed by atoms with Crippen molar-refractivity contribution in [2.75, 3.05) is 6.54 Å². The maximum Gasteiger partial charge on any atom is 0.213 e. The van der Waals surface area contributed by atoms with Crippen LogP contribution < -0.4 is 10.1 Å². The van der Waals surface area contributed by atoms with E-state index in [0.717, 1.165) is 25.1 Å². The molecule has 2 aromatic rings. The molecule has 0 fully saturated rings. The van der Waals surface area contributed by atoms with E-state index < -0.39 is 0 Å². The molecule has 0 aliphatic rings. The number of aromatic nitrogens is 2. The van der Waals surface area contributed by atoms with E-state index in [1.165, 1.54) is 12.0 Å². The molecule has 5 nitrogen and oxygen atoms in total. The Morgan fingerprint density at radius 1 is 1.30 bits per heavy atom. The fraction of sp³-hybridized carbons (Fsp3) is 0.467. The van der Waals surface area contributed by atoms with Gasteiger partial charge in [-0.15, -0.1) is 0 Å². The molecule has 20 heavy (non-hydrogen) atoms. The minimum atomic E-state index is 0.327. The standard InChI is InChI=1S/C15H21N3O2/c1-3-16-12(2)4-5-13-6-8-14(9-7-13)19-10-15-17-11-20-18-15/h6-9,11-12,16H,3-5,10H2,1-2H3. The van der Waals surface area contributed by atoms with Crippen LogP contribution in [0.4, 0.5) is 0 Å². The second-order valence-corrected chi connectivity index (χ2v) is 4.78. The van der Waals surface area contributed by atoms with Gasteiger partial charge in [0.2, 0.25) is 12.2 Å². The molecule has 0 aliphatic carbocycles. The van der Waals surface area contributed by atoms with E-state index in [1.807, 2.05) is 12.1 Å². The first-order valence-corrected chi connectivity index (χ1v) is 6.98. The van der Waals surface area contributed by atoms with Gasteiger partial charge in [0.15, 0.2) is 6.61 Å². The van der Waals surface area contributed by atoms with Crippen LogP contribution in [-0.2, 0) is 13.0 Å². The van der Waals surface area contributed by atoms with Crippen LogP contribution in [0, 0.1) is 0 Å². The first-order chi connectivity index (χ1) is 9.78. The van der Waals surface area contributed by atoms with Gasteiger partial charge in [-0.05, 0) is 44.0 Å². The summed E-state index contributed by atoms with van der Waals surface area (Å²) >= 11 is 0. The average Bonchev–Trinajstić information content (AvgIpc) is 2.98. The third-order valence-electron chi connectivity index (χ3n) is 3.12. The lowest BCUT2D eigenvalue weighted by atomic mass is 10.1. The minimum Gasteiger partial charge on any atom is -0.485 e. The quantitative estimate of drug-likeness (QED) is 0.802. The van der Waals surface area contributed by atoms with Gasteiger partial charge in [-0.25, -0.2) is 0 Å². The Morgan fingerprint density at radius 2 is 2.10 bits per heavy atom. The molecule has 0 saturated carbocycles. The Labute approximate surface area is 119 Å². The third-order valence-corrected chi connectivity index (χ3v) is 3.12. The zero-order valence-electron chi connectivity index (χ0n) is 12.0. The SMILES string of the molecule is CCNC(C)CCc1ccc(OCc2ncon2)cc1. The summed E-state index contributed by atoms with van der Waals surface area (Å²) in [5, 5.41) is 7.11. The summed E-state index contributed by atoms with van der Waals surface area (Å²) in [4.78, 5) is 3.91. The van der Waals surface area contributed by atoms with E-state index in [-0.39, 0.29) is 0 Å². The van der Waals surface area contributed by atoms with Crippen molar-refractivity contribution < 1.29 is 9.26 Å². The van der Waals surface area contributed by atoms with E-state index in [1.54, 1.807) is 0 Å². The second-order valence-electron chi connectivity index (χ2n) is 4.78. The molecule has 1 atom stereocenters. The van der Waals surface area contributed by atoms with Crippen molar-refractivity contribution in [2.45, 2.75) is 39.3 Å². The van der Waals surface area contributed by atoms with Gasteiger partial charge >= 0.3 is 0 Å². The van der Waals surface area contributed by atoms with Crippen molar-refractivity contribution in [3.63, 3.8) is 0 Å². The maximum absolute atomic E-state index is 5.57. The molecule has 0 amide bonds. The number of nitrogens with zero attached hydrogens (tertiary/aromatic N) is 2. The molecule has 1 aromatic carbocycles. The molecule has 2 rings (SSSR count). The molecule has 5 heteroatoms. The van der Waals surface area contributed by atoms with Crippen LogP contribution in [0.3, 0.4) is 0 Å². The summed E-state index contributed by atoms with van der Waals surface area (Å²) in [5.74, 6) is 1.37. The number of rotatable bonds is 8. The van der Waals surface area contributed by atoms with Crippen molar-refractivity contribution in [3.8, 4) is 5.75 Å². The smallest absolute Gasteiger partial charge is 0.213 e. The van der Waals surface area contributed by atoms with Crippen molar-refractivity contribution in [2.24, 2.45) is 0 Å². The molecule has 1 heterocycles. The van der Waals surface area contributed by atoms with Crippen LogP contribution in [-0.4, -0.2) is 22.7 Å². The van der Waals surface area contributed by atoms with E-state index in [9.17, 15) is 0 Å². The van der Waals surface area contributed by atoms with Crippen LogP contribution in [0.25, 0.3) is 0 Å². The van der Waals surface area contributed by atoms with Crippen molar-refractivity contribution in [3.05, 3.63) is 42.0 Å². The largest absolute Gasteiger partial charge is 0.485 e. The van der Waals surface area contributed by atoms with Gasteiger partial charge in [0.1, 0.15) is 5.75 Å². The average molecular weight is 275 g/mol. The summed E-state index contributed by atoms with van der Waals surface area (Å²) in [5.41, 5.74) is 1.32. The molecular formula is C15H21N3O2. The third kappa shape index (κ3) is 4.66. The summed E-state index contributed by atoms with van der Waals surface area (Å²) in [7, 11) is 0. The molecule has 1 unspecified atom stereocenters. The first kappa shape index (κ1) is 14.5. The maximum atomic E-state index is 5.57. The fourth-order valence-corrected chi connectivity index (χ4v) is 1.99. The van der Waals surface area contributed by atoms with Crippen molar-refractivity contribution in [1.29, 1.82) is 0 Å². The zero-order valence-corrected chi connectivity index (χ0v) is 12.0. The van der Waals surface area contributed by atoms with Gasteiger partial charge in [-0.3, -0.25) is 0 Å². The molecule has 0 saturated heterocycles. The van der Waals surface area contributed by atoms with Crippen LogP contribution in [0.1, 0.15) is 31.7 Å². The monoisotopic (exact) mass is 275 g/mol. The predicted molar refractivity (Wildman–Crippen MR) is 76.5 cm³/mol. The van der Waals surface area contributed by atoms with Gasteiger partial charge in [-0.1, -0.05) is 24.2 Å². The van der Waals surface area contributed by atoms with Gasteiger partial charge < -0.3 is 14.6 Å². The lowest BCUT2D eigenvalue weighted by molar-refractivity contribution is 0.286. The highest BCUT2D eigenvalue weighted by atomic mass is 16.5. The molecule has 108 valence electrons. The summed E-state index contributed by atoms with van der Waals surface area (Å²) in [6.07, 6.45) is 3.50. The lowest BCUT2D eigenvalue weighted by Gasteiger charge is -2.12. The topological polar surface area (TPSA) is 60.2 Å². The van der Waals surface area contributed by atoms with E-state index in [0.29, 0.717) is 18.5 Å². The lowest BCUT2D eigenvalue weighted by Crippen LogP contribution is -2.25. The van der Waals surface area contributed by atoms with Gasteiger partial charge in [0, 0.05) is 6.04 Å². The minimum absolute atomic E-state index is 0.327. The molecule has 0 spiro atoms. The van der Waals surface area contributed by atoms with Crippen LogP contribution in [0.15, 0.2) is 35.2 Å². The number of hydrogen-bond acceptors (Lipinski definition) is 5. The van der Waals surface area contributed by atoms with Crippen molar-refractivity contribution in [1.82, 2.24) is 15.5 Å². The molecule has 0 aliphatic heterocycles. The predicted octanol–water partition coefficient (Wildman–Crippen LogP) is 2.58. The van der Waals surface area contributed by atoms with Crippen LogP contribution in [0.5, 0.6) is 5.75 Å². The molecule has 1 N–H and O–H groups in total. The molecule has 1 aromatic heterocycles. The Kier molecular flexibility index (Phi) is 5.55. The second kappa shape index (κ2) is 7.65. The summed E-state index contributed by atoms with van der Waals surface area (Å²) in [6.45, 7) is 5.69. The highest BCUT2D eigenvalue weighted by Gasteiger charge is 2.02. The number of ether oxygens (including phenoxy) is 1. The highest BCUT2D eigenvalue weighted by Crippen LogP contribution is 2.15. The fourth-order valence-electron chi connectivity index (χ4n) is 1.99. The zero-order chi connectivity index (χ0) is 14.2. The molecule has 0 bridgehead atoms. The Morgan fingerprint density at radius 3 is 2.75 bits per heavy atom. The Hall–Kier alpha value is -1.88. The number of hydrogen-bond donors (Lipinski definition) is 1. The van der Waals surface area contributed by atoms with Gasteiger partial charge in [0.05, 0.1) is 0 Å². The van der Waals surface area contributed by atoms with Gasteiger partial charge in [0.25, 0.3) is 0 Å². The van der Waals surface area contributed by atoms with E-state index in [4.69, 9.17) is 4.74 Å². The highest BCUT2D eigenvalue weighted by molar-refractivity contribution is 5.27. The van der Waals surface area contributed by atoms with Crippen molar-refractivity contribution >= 4 is 0 Å². The van der Waals surface area contributed by atoms with Crippen LogP contribution in [0.2, 0.25) is 0 Å². The summed E-state index contributed by atoms with van der Waals surface area (Å²) < 4.78 is 10.2. The van der Waals surface area contributed by atoms with Gasteiger partial charge in [-0.2, -0.15) is 4.98 Å². The Balaban J connectivity index is 1.77. The normalized spacial score (nSPS) is 12.3.